The quantitative estimate of drug-likeness (QED) is 0.827. The van der Waals surface area contributed by atoms with E-state index in [1.165, 1.54) is 16.7 Å². The van der Waals surface area contributed by atoms with E-state index in [4.69, 9.17) is 5.11 Å². The number of hydrogen-bond acceptors (Lipinski definition) is 3. The highest BCUT2D eigenvalue weighted by Crippen LogP contribution is 2.39. The van der Waals surface area contributed by atoms with E-state index in [0.29, 0.717) is 18.7 Å². The van der Waals surface area contributed by atoms with Gasteiger partial charge in [-0.1, -0.05) is 6.92 Å². The summed E-state index contributed by atoms with van der Waals surface area (Å²) >= 11 is 0. The summed E-state index contributed by atoms with van der Waals surface area (Å²) in [6.07, 6.45) is 2.79. The number of aryl methyl sites for hydroxylation is 1. The Kier molecular flexibility index (Phi) is 3.69. The summed E-state index contributed by atoms with van der Waals surface area (Å²) in [6.45, 7) is 2.54. The molecule has 2 N–H and O–H groups in total. The van der Waals surface area contributed by atoms with Gasteiger partial charge in [-0.15, -0.1) is 0 Å². The number of rotatable bonds is 5. The van der Waals surface area contributed by atoms with Crippen molar-refractivity contribution in [1.82, 2.24) is 4.57 Å². The second kappa shape index (κ2) is 5.26. The zero-order valence-corrected chi connectivity index (χ0v) is 10.6. The molecule has 2 rings (SSSR count). The molecule has 0 spiro atoms. The largest absolute Gasteiger partial charge is 0.481 e. The number of carbonyl (C=O) groups is 2. The maximum atomic E-state index is 11.8. The first kappa shape index (κ1) is 13.3. The summed E-state index contributed by atoms with van der Waals surface area (Å²) in [7, 11) is 0. The fourth-order valence-corrected chi connectivity index (χ4v) is 2.01. The Balaban J connectivity index is 2.04. The normalized spacial score (nSPS) is 20.9. The highest BCUT2D eigenvalue weighted by Gasteiger charge is 2.48. The molecule has 6 nitrogen and oxygen atoms in total. The lowest BCUT2D eigenvalue weighted by molar-refractivity contribution is -0.139. The number of anilines is 1. The Bertz CT molecular complexity index is 564. The molecule has 1 aliphatic rings. The van der Waals surface area contributed by atoms with E-state index < -0.39 is 17.8 Å². The lowest BCUT2D eigenvalue weighted by atomic mass is 10.3. The van der Waals surface area contributed by atoms with Crippen LogP contribution in [-0.2, 0) is 16.1 Å². The molecule has 19 heavy (non-hydrogen) atoms. The SMILES string of the molecule is CCCn1cc(NC(=O)[C@@H]2C[C@H]2C(=O)O)ccc1=O. The molecule has 1 aromatic rings. The molecule has 2 atom stereocenters. The van der Waals surface area contributed by atoms with Gasteiger partial charge in [-0.05, 0) is 18.9 Å². The molecular weight excluding hydrogens is 248 g/mol. The van der Waals surface area contributed by atoms with Crippen molar-refractivity contribution in [2.24, 2.45) is 11.8 Å². The Morgan fingerprint density at radius 1 is 1.42 bits per heavy atom. The number of amides is 1. The number of nitrogens with one attached hydrogen (secondary N) is 1. The summed E-state index contributed by atoms with van der Waals surface area (Å²) < 4.78 is 1.52. The minimum absolute atomic E-state index is 0.116. The topological polar surface area (TPSA) is 88.4 Å². The van der Waals surface area contributed by atoms with E-state index >= 15 is 0 Å². The van der Waals surface area contributed by atoms with Crippen molar-refractivity contribution < 1.29 is 14.7 Å². The molecule has 0 radical (unpaired) electrons. The third-order valence-electron chi connectivity index (χ3n) is 3.16. The van der Waals surface area contributed by atoms with Crippen molar-refractivity contribution in [3.05, 3.63) is 28.7 Å². The Morgan fingerprint density at radius 3 is 2.74 bits per heavy atom. The predicted molar refractivity (Wildman–Crippen MR) is 68.9 cm³/mol. The second-order valence-corrected chi connectivity index (χ2v) is 4.73. The van der Waals surface area contributed by atoms with Gasteiger partial charge in [-0.2, -0.15) is 0 Å². The molecule has 6 heteroatoms. The summed E-state index contributed by atoms with van der Waals surface area (Å²) in [5.74, 6) is -2.25. The summed E-state index contributed by atoms with van der Waals surface area (Å²) in [4.78, 5) is 34.0. The summed E-state index contributed by atoms with van der Waals surface area (Å²) in [5.41, 5.74) is 0.406. The zero-order valence-electron chi connectivity index (χ0n) is 10.6. The van der Waals surface area contributed by atoms with Gasteiger partial charge in [0.05, 0.1) is 17.5 Å². The standard InChI is InChI=1S/C13H16N2O4/c1-2-5-15-7-8(3-4-11(15)16)14-12(17)9-6-10(9)13(18)19/h3-4,7,9-10H,2,5-6H2,1H3,(H,14,17)(H,18,19)/t9-,10-/m1/s1. The van der Waals surface area contributed by atoms with Crippen LogP contribution in [0.5, 0.6) is 0 Å². The smallest absolute Gasteiger partial charge is 0.307 e. The monoisotopic (exact) mass is 264 g/mol. The van der Waals surface area contributed by atoms with Crippen LogP contribution < -0.4 is 10.9 Å². The molecule has 1 amide bonds. The molecule has 0 unspecified atom stereocenters. The molecule has 102 valence electrons. The van der Waals surface area contributed by atoms with Crippen molar-refractivity contribution in [3.8, 4) is 0 Å². The fraction of sp³-hybridized carbons (Fsp3) is 0.462. The van der Waals surface area contributed by atoms with Crippen LogP contribution in [0.15, 0.2) is 23.1 Å². The molecule has 1 heterocycles. The number of hydrogen-bond donors (Lipinski definition) is 2. The third kappa shape index (κ3) is 3.01. The second-order valence-electron chi connectivity index (χ2n) is 4.73. The van der Waals surface area contributed by atoms with Gasteiger partial charge >= 0.3 is 5.97 Å². The Labute approximate surface area is 110 Å². The number of pyridine rings is 1. The molecule has 0 bridgehead atoms. The minimum atomic E-state index is -0.934. The Hall–Kier alpha value is -2.11. The lowest BCUT2D eigenvalue weighted by Gasteiger charge is -2.08. The first-order chi connectivity index (χ1) is 9.02. The summed E-state index contributed by atoms with van der Waals surface area (Å²) in [5, 5.41) is 11.4. The molecule has 0 aromatic carbocycles. The van der Waals surface area contributed by atoms with Crippen LogP contribution in [0.25, 0.3) is 0 Å². The van der Waals surface area contributed by atoms with Crippen LogP contribution in [0.1, 0.15) is 19.8 Å². The average Bonchev–Trinajstić information content (AvgIpc) is 3.14. The highest BCUT2D eigenvalue weighted by atomic mass is 16.4. The minimum Gasteiger partial charge on any atom is -0.481 e. The molecule has 1 saturated carbocycles. The molecular formula is C13H16N2O4. The molecule has 1 fully saturated rings. The number of aliphatic carboxylic acids is 1. The van der Waals surface area contributed by atoms with Gasteiger partial charge < -0.3 is 15.0 Å². The maximum absolute atomic E-state index is 11.8. The van der Waals surface area contributed by atoms with Gasteiger partial charge in [0.25, 0.3) is 5.56 Å². The van der Waals surface area contributed by atoms with Crippen molar-refractivity contribution >= 4 is 17.6 Å². The van der Waals surface area contributed by atoms with Crippen molar-refractivity contribution in [1.29, 1.82) is 0 Å². The van der Waals surface area contributed by atoms with Gasteiger partial charge in [-0.3, -0.25) is 14.4 Å². The molecule has 0 saturated heterocycles. The Morgan fingerprint density at radius 2 is 2.16 bits per heavy atom. The fourth-order valence-electron chi connectivity index (χ4n) is 2.01. The molecule has 1 aliphatic carbocycles. The van der Waals surface area contributed by atoms with Crippen LogP contribution in [-0.4, -0.2) is 21.6 Å². The van der Waals surface area contributed by atoms with Crippen LogP contribution in [0.4, 0.5) is 5.69 Å². The van der Waals surface area contributed by atoms with Crippen molar-refractivity contribution in [2.45, 2.75) is 26.3 Å². The number of nitrogens with zero attached hydrogens (tertiary/aromatic N) is 1. The van der Waals surface area contributed by atoms with E-state index in [1.54, 1.807) is 6.20 Å². The van der Waals surface area contributed by atoms with Crippen LogP contribution >= 0.6 is 0 Å². The highest BCUT2D eigenvalue weighted by molar-refractivity contribution is 5.98. The average molecular weight is 264 g/mol. The number of aromatic nitrogens is 1. The van der Waals surface area contributed by atoms with Gasteiger partial charge in [0.2, 0.25) is 5.91 Å². The first-order valence-electron chi connectivity index (χ1n) is 6.27. The first-order valence-corrected chi connectivity index (χ1v) is 6.27. The zero-order chi connectivity index (χ0) is 14.0. The van der Waals surface area contributed by atoms with Crippen molar-refractivity contribution in [3.63, 3.8) is 0 Å². The van der Waals surface area contributed by atoms with Crippen LogP contribution in [0, 0.1) is 11.8 Å². The third-order valence-corrected chi connectivity index (χ3v) is 3.16. The van der Waals surface area contributed by atoms with Crippen LogP contribution in [0.3, 0.4) is 0 Å². The van der Waals surface area contributed by atoms with E-state index in [1.807, 2.05) is 6.92 Å². The van der Waals surface area contributed by atoms with Crippen molar-refractivity contribution in [2.75, 3.05) is 5.32 Å². The molecule has 0 aliphatic heterocycles. The van der Waals surface area contributed by atoms with Crippen LogP contribution in [0.2, 0.25) is 0 Å². The van der Waals surface area contributed by atoms with E-state index in [0.717, 1.165) is 6.42 Å². The van der Waals surface area contributed by atoms with E-state index in [2.05, 4.69) is 5.32 Å². The molecule has 1 aromatic heterocycles. The van der Waals surface area contributed by atoms with E-state index in [9.17, 15) is 14.4 Å². The lowest BCUT2D eigenvalue weighted by Crippen LogP contribution is -2.21. The number of carboxylic acid groups (broad SMARTS) is 1. The van der Waals surface area contributed by atoms with Gasteiger partial charge in [0, 0.05) is 18.8 Å². The maximum Gasteiger partial charge on any atom is 0.307 e. The summed E-state index contributed by atoms with van der Waals surface area (Å²) in [6, 6.07) is 2.93. The van der Waals surface area contributed by atoms with Gasteiger partial charge in [0.15, 0.2) is 0 Å². The predicted octanol–water partition coefficient (Wildman–Crippen LogP) is 0.917. The van der Waals surface area contributed by atoms with E-state index in [-0.39, 0.29) is 11.5 Å². The van der Waals surface area contributed by atoms with Gasteiger partial charge in [-0.25, -0.2) is 0 Å². The number of carboxylic acids is 1. The number of carbonyl (C=O) groups excluding carboxylic acids is 1. The van der Waals surface area contributed by atoms with Gasteiger partial charge in [0.1, 0.15) is 0 Å².